The van der Waals surface area contributed by atoms with Crippen LogP contribution in [0.4, 0.5) is 0 Å². The normalized spacial score (nSPS) is 21.5. The molecule has 0 spiro atoms. The van der Waals surface area contributed by atoms with Gasteiger partial charge in [-0.2, -0.15) is 5.10 Å². The SMILES string of the molecule is Cc1cc(C)c(C2(C)CC(/C(=N\NC(N)=S)c3cc4cc(Br)ccc4o3)C2)c(C)c1. The number of nitrogens with two attached hydrogens (primary N) is 1. The van der Waals surface area contributed by atoms with Crippen LogP contribution in [0, 0.1) is 26.7 Å². The zero-order valence-corrected chi connectivity index (χ0v) is 20.1. The van der Waals surface area contributed by atoms with Crippen LogP contribution in [-0.4, -0.2) is 10.8 Å². The number of aryl methyl sites for hydroxylation is 3. The lowest BCUT2D eigenvalue weighted by Gasteiger charge is -2.47. The summed E-state index contributed by atoms with van der Waals surface area (Å²) in [5.74, 6) is 1.03. The number of halogens is 1. The van der Waals surface area contributed by atoms with Gasteiger partial charge in [-0.1, -0.05) is 40.5 Å². The van der Waals surface area contributed by atoms with Crippen LogP contribution in [0.25, 0.3) is 11.0 Å². The second-order valence-corrected chi connectivity index (χ2v) is 10.1. The average molecular weight is 484 g/mol. The van der Waals surface area contributed by atoms with Gasteiger partial charge in [0.15, 0.2) is 10.9 Å². The number of hydrogen-bond donors (Lipinski definition) is 2. The summed E-state index contributed by atoms with van der Waals surface area (Å²) >= 11 is 8.50. The fourth-order valence-corrected chi connectivity index (χ4v) is 5.59. The Morgan fingerprint density at radius 3 is 2.47 bits per heavy atom. The van der Waals surface area contributed by atoms with Crippen LogP contribution in [0.15, 0.2) is 50.4 Å². The quantitative estimate of drug-likeness (QED) is 0.270. The number of thiocarbonyl (C=S) groups is 1. The van der Waals surface area contributed by atoms with Gasteiger partial charge in [0.2, 0.25) is 0 Å². The molecule has 2 aromatic carbocycles. The minimum absolute atomic E-state index is 0.117. The van der Waals surface area contributed by atoms with Crippen molar-refractivity contribution in [1.29, 1.82) is 0 Å². The summed E-state index contributed by atoms with van der Waals surface area (Å²) in [6, 6.07) is 12.6. The Hall–Kier alpha value is -2.18. The van der Waals surface area contributed by atoms with Crippen molar-refractivity contribution in [3.05, 3.63) is 68.9 Å². The molecule has 1 saturated carbocycles. The third-order valence-corrected chi connectivity index (χ3v) is 6.66. The van der Waals surface area contributed by atoms with Crippen molar-refractivity contribution in [2.75, 3.05) is 0 Å². The largest absolute Gasteiger partial charge is 0.455 e. The Morgan fingerprint density at radius 1 is 1.17 bits per heavy atom. The van der Waals surface area contributed by atoms with Crippen molar-refractivity contribution in [1.82, 2.24) is 5.43 Å². The molecule has 6 heteroatoms. The Kier molecular flexibility index (Phi) is 5.49. The Bertz CT molecular complexity index is 1150. The number of nitrogens with one attached hydrogen (secondary N) is 1. The monoisotopic (exact) mass is 483 g/mol. The summed E-state index contributed by atoms with van der Waals surface area (Å²) in [7, 11) is 0. The van der Waals surface area contributed by atoms with E-state index in [1.807, 2.05) is 24.3 Å². The van der Waals surface area contributed by atoms with Crippen molar-refractivity contribution in [3.8, 4) is 0 Å². The van der Waals surface area contributed by atoms with E-state index in [9.17, 15) is 0 Å². The van der Waals surface area contributed by atoms with Crippen LogP contribution in [0.1, 0.15) is 47.8 Å². The molecule has 1 fully saturated rings. The summed E-state index contributed by atoms with van der Waals surface area (Å²) < 4.78 is 7.15. The predicted octanol–water partition coefficient (Wildman–Crippen LogP) is 6.03. The van der Waals surface area contributed by atoms with Crippen molar-refractivity contribution >= 4 is 49.9 Å². The molecule has 1 heterocycles. The predicted molar refractivity (Wildman–Crippen MR) is 131 cm³/mol. The average Bonchev–Trinajstić information content (AvgIpc) is 3.01. The van der Waals surface area contributed by atoms with E-state index in [0.717, 1.165) is 39.8 Å². The highest BCUT2D eigenvalue weighted by Gasteiger charge is 2.46. The molecular formula is C24H26BrN3OS. The van der Waals surface area contributed by atoms with Crippen LogP contribution in [0.3, 0.4) is 0 Å². The number of hydrogen-bond acceptors (Lipinski definition) is 3. The number of rotatable bonds is 4. The van der Waals surface area contributed by atoms with Gasteiger partial charge in [-0.15, -0.1) is 0 Å². The molecule has 1 aliphatic carbocycles. The zero-order chi connectivity index (χ0) is 21.6. The number of fused-ring (bicyclic) bond motifs is 1. The zero-order valence-electron chi connectivity index (χ0n) is 17.7. The molecule has 0 bridgehead atoms. The molecule has 156 valence electrons. The highest BCUT2D eigenvalue weighted by atomic mass is 79.9. The Balaban J connectivity index is 1.67. The molecule has 1 aromatic heterocycles. The molecule has 4 nitrogen and oxygen atoms in total. The highest BCUT2D eigenvalue weighted by molar-refractivity contribution is 9.10. The summed E-state index contributed by atoms with van der Waals surface area (Å²) in [5.41, 5.74) is 15.7. The van der Waals surface area contributed by atoms with Crippen LogP contribution in [-0.2, 0) is 5.41 Å². The molecule has 4 rings (SSSR count). The van der Waals surface area contributed by atoms with Gasteiger partial charge in [-0.05, 0) is 92.2 Å². The molecule has 30 heavy (non-hydrogen) atoms. The number of hydrazone groups is 1. The second kappa shape index (κ2) is 7.82. The maximum Gasteiger partial charge on any atom is 0.184 e. The van der Waals surface area contributed by atoms with E-state index in [1.54, 1.807) is 0 Å². The van der Waals surface area contributed by atoms with E-state index in [4.69, 9.17) is 22.4 Å². The first-order chi connectivity index (χ1) is 14.2. The minimum atomic E-state index is 0.117. The first kappa shape index (κ1) is 21.1. The minimum Gasteiger partial charge on any atom is -0.455 e. The molecule has 3 aromatic rings. The van der Waals surface area contributed by atoms with Crippen molar-refractivity contribution < 1.29 is 4.42 Å². The molecule has 3 N–H and O–H groups in total. The summed E-state index contributed by atoms with van der Waals surface area (Å²) in [4.78, 5) is 0. The summed E-state index contributed by atoms with van der Waals surface area (Å²) in [6.45, 7) is 8.94. The number of nitrogens with zero attached hydrogens (tertiary/aromatic N) is 1. The van der Waals surface area contributed by atoms with E-state index in [1.165, 1.54) is 22.3 Å². The van der Waals surface area contributed by atoms with Gasteiger partial charge in [0.25, 0.3) is 0 Å². The Labute approximate surface area is 191 Å². The molecular weight excluding hydrogens is 458 g/mol. The first-order valence-electron chi connectivity index (χ1n) is 10.1. The van der Waals surface area contributed by atoms with E-state index < -0.39 is 0 Å². The standard InChI is InChI=1S/C24H26BrN3OS/c1-13-7-14(2)21(15(3)8-13)24(4)11-17(12-24)22(27-28-23(26)30)20-10-16-9-18(25)5-6-19(16)29-20/h5-10,17H,11-12H2,1-4H3,(H3,26,28,30)/b27-22+. The van der Waals surface area contributed by atoms with Crippen LogP contribution in [0.2, 0.25) is 0 Å². The molecule has 0 unspecified atom stereocenters. The molecule has 0 saturated heterocycles. The third kappa shape index (κ3) is 3.91. The highest BCUT2D eigenvalue weighted by Crippen LogP contribution is 2.51. The molecule has 0 aliphatic heterocycles. The van der Waals surface area contributed by atoms with Crippen molar-refractivity contribution in [2.45, 2.75) is 46.0 Å². The first-order valence-corrected chi connectivity index (χ1v) is 11.3. The van der Waals surface area contributed by atoms with E-state index in [2.05, 4.69) is 66.3 Å². The fraction of sp³-hybridized carbons (Fsp3) is 0.333. The lowest BCUT2D eigenvalue weighted by molar-refractivity contribution is 0.214. The van der Waals surface area contributed by atoms with Gasteiger partial charge in [-0.25, -0.2) is 0 Å². The van der Waals surface area contributed by atoms with E-state index >= 15 is 0 Å². The van der Waals surface area contributed by atoms with E-state index in [0.29, 0.717) is 0 Å². The van der Waals surface area contributed by atoms with Crippen LogP contribution in [0.5, 0.6) is 0 Å². The van der Waals surface area contributed by atoms with Gasteiger partial charge >= 0.3 is 0 Å². The number of benzene rings is 2. The van der Waals surface area contributed by atoms with Crippen LogP contribution >= 0.6 is 28.1 Å². The van der Waals surface area contributed by atoms with Gasteiger partial charge in [0, 0.05) is 15.8 Å². The fourth-order valence-electron chi connectivity index (χ4n) is 5.16. The van der Waals surface area contributed by atoms with Gasteiger partial charge in [-0.3, -0.25) is 5.43 Å². The summed E-state index contributed by atoms with van der Waals surface area (Å²) in [5, 5.41) is 5.73. The van der Waals surface area contributed by atoms with Crippen LogP contribution < -0.4 is 11.2 Å². The smallest absolute Gasteiger partial charge is 0.184 e. The second-order valence-electron chi connectivity index (χ2n) is 8.71. The molecule has 0 atom stereocenters. The molecule has 0 radical (unpaired) electrons. The van der Waals surface area contributed by atoms with E-state index in [-0.39, 0.29) is 16.4 Å². The third-order valence-electron chi connectivity index (χ3n) is 6.08. The van der Waals surface area contributed by atoms with Crippen molar-refractivity contribution in [2.24, 2.45) is 16.8 Å². The topological polar surface area (TPSA) is 63.5 Å². The van der Waals surface area contributed by atoms with Crippen molar-refractivity contribution in [3.63, 3.8) is 0 Å². The maximum absolute atomic E-state index is 6.14. The van der Waals surface area contributed by atoms with Gasteiger partial charge in [0.1, 0.15) is 11.3 Å². The lowest BCUT2D eigenvalue weighted by atomic mass is 9.57. The van der Waals surface area contributed by atoms with Gasteiger partial charge < -0.3 is 10.2 Å². The summed E-state index contributed by atoms with van der Waals surface area (Å²) in [6.07, 6.45) is 1.99. The van der Waals surface area contributed by atoms with Gasteiger partial charge in [0.05, 0.1) is 0 Å². The Morgan fingerprint density at radius 2 is 1.83 bits per heavy atom. The molecule has 1 aliphatic rings. The lowest BCUT2D eigenvalue weighted by Crippen LogP contribution is -2.44. The number of furan rings is 1. The maximum atomic E-state index is 6.14. The molecule has 0 amide bonds.